The van der Waals surface area contributed by atoms with Gasteiger partial charge in [-0.15, -0.1) is 0 Å². The van der Waals surface area contributed by atoms with Crippen LogP contribution in [0.1, 0.15) is 12.0 Å². The second-order valence-corrected chi connectivity index (χ2v) is 7.37. The van der Waals surface area contributed by atoms with E-state index in [9.17, 15) is 18.8 Å². The highest BCUT2D eigenvalue weighted by Crippen LogP contribution is 2.27. The van der Waals surface area contributed by atoms with Gasteiger partial charge in [0.15, 0.2) is 6.61 Å². The van der Waals surface area contributed by atoms with Gasteiger partial charge in [-0.1, -0.05) is 48.5 Å². The normalized spacial score (nSPS) is 15.7. The number of ether oxygens (including phenoxy) is 1. The molecule has 7 heteroatoms. The Labute approximate surface area is 184 Å². The number of hydrogen-bond acceptors (Lipinski definition) is 4. The monoisotopic (exact) mass is 432 g/mol. The third kappa shape index (κ3) is 4.67. The Balaban J connectivity index is 1.57. The molecule has 1 aliphatic heterocycles. The molecule has 162 valence electrons. The molecule has 3 aromatic carbocycles. The van der Waals surface area contributed by atoms with E-state index in [0.717, 1.165) is 10.5 Å². The number of amides is 3. The van der Waals surface area contributed by atoms with Crippen LogP contribution in [0, 0.1) is 5.82 Å². The first-order valence-electron chi connectivity index (χ1n) is 10.2. The number of rotatable bonds is 7. The van der Waals surface area contributed by atoms with Crippen LogP contribution in [0.5, 0.6) is 5.75 Å². The highest BCUT2D eigenvalue weighted by Gasteiger charge is 2.44. The van der Waals surface area contributed by atoms with E-state index in [0.29, 0.717) is 5.75 Å². The fourth-order valence-electron chi connectivity index (χ4n) is 3.62. The van der Waals surface area contributed by atoms with Crippen LogP contribution >= 0.6 is 0 Å². The van der Waals surface area contributed by atoms with E-state index in [-0.39, 0.29) is 25.3 Å². The molecule has 1 unspecified atom stereocenters. The predicted molar refractivity (Wildman–Crippen MR) is 116 cm³/mol. The van der Waals surface area contributed by atoms with Crippen molar-refractivity contribution in [2.24, 2.45) is 0 Å². The number of anilines is 1. The number of hydrogen-bond donors (Lipinski definition) is 0. The standard InChI is InChI=1S/C25H21FN2O4/c26-19-11-13-20(14-12-19)28-23(29)15-22(25(28)31)27(16-18-7-3-1-4-8-18)24(30)17-32-21-9-5-2-6-10-21/h1-14,22H,15-17H2. The summed E-state index contributed by atoms with van der Waals surface area (Å²) in [6, 6.07) is 22.2. The summed E-state index contributed by atoms with van der Waals surface area (Å²) < 4.78 is 18.9. The lowest BCUT2D eigenvalue weighted by molar-refractivity contribution is -0.140. The second-order valence-electron chi connectivity index (χ2n) is 7.37. The Morgan fingerprint density at radius 1 is 0.938 bits per heavy atom. The van der Waals surface area contributed by atoms with Crippen LogP contribution in [0.4, 0.5) is 10.1 Å². The van der Waals surface area contributed by atoms with Crippen molar-refractivity contribution in [3.8, 4) is 5.75 Å². The number of carbonyl (C=O) groups is 3. The molecule has 0 spiro atoms. The van der Waals surface area contributed by atoms with Crippen LogP contribution in [0.2, 0.25) is 0 Å². The van der Waals surface area contributed by atoms with Gasteiger partial charge in [0.1, 0.15) is 17.6 Å². The minimum atomic E-state index is -0.973. The zero-order valence-electron chi connectivity index (χ0n) is 17.2. The van der Waals surface area contributed by atoms with Crippen LogP contribution in [0.25, 0.3) is 0 Å². The molecule has 3 aromatic rings. The van der Waals surface area contributed by atoms with E-state index < -0.39 is 29.6 Å². The van der Waals surface area contributed by atoms with Gasteiger partial charge in [0.25, 0.3) is 11.8 Å². The Morgan fingerprint density at radius 2 is 1.56 bits per heavy atom. The van der Waals surface area contributed by atoms with Gasteiger partial charge in [-0.3, -0.25) is 14.4 Å². The predicted octanol–water partition coefficient (Wildman–Crippen LogP) is 3.57. The molecule has 1 fully saturated rings. The lowest BCUT2D eigenvalue weighted by atomic mass is 10.1. The summed E-state index contributed by atoms with van der Waals surface area (Å²) in [7, 11) is 0. The van der Waals surface area contributed by atoms with Crippen LogP contribution in [-0.2, 0) is 20.9 Å². The van der Waals surface area contributed by atoms with Crippen molar-refractivity contribution in [1.29, 1.82) is 0 Å². The fraction of sp³-hybridized carbons (Fsp3) is 0.160. The third-order valence-electron chi connectivity index (χ3n) is 5.21. The number of halogens is 1. The number of para-hydroxylation sites is 1. The van der Waals surface area contributed by atoms with Crippen molar-refractivity contribution >= 4 is 23.4 Å². The molecule has 0 N–H and O–H groups in total. The molecular formula is C25H21FN2O4. The molecule has 0 saturated carbocycles. The average Bonchev–Trinajstić information content (AvgIpc) is 3.11. The van der Waals surface area contributed by atoms with Gasteiger partial charge in [0, 0.05) is 6.54 Å². The van der Waals surface area contributed by atoms with E-state index >= 15 is 0 Å². The van der Waals surface area contributed by atoms with Gasteiger partial charge < -0.3 is 9.64 Å². The van der Waals surface area contributed by atoms with Gasteiger partial charge in [-0.2, -0.15) is 0 Å². The smallest absolute Gasteiger partial charge is 0.261 e. The highest BCUT2D eigenvalue weighted by molar-refractivity contribution is 6.23. The van der Waals surface area contributed by atoms with Crippen LogP contribution in [-0.4, -0.2) is 35.3 Å². The van der Waals surface area contributed by atoms with E-state index in [1.54, 1.807) is 24.3 Å². The summed E-state index contributed by atoms with van der Waals surface area (Å²) >= 11 is 0. The summed E-state index contributed by atoms with van der Waals surface area (Å²) in [5, 5.41) is 0. The van der Waals surface area contributed by atoms with Gasteiger partial charge in [0.05, 0.1) is 12.1 Å². The van der Waals surface area contributed by atoms with Crippen molar-refractivity contribution in [3.05, 3.63) is 96.3 Å². The van der Waals surface area contributed by atoms with Crippen molar-refractivity contribution < 1.29 is 23.5 Å². The van der Waals surface area contributed by atoms with E-state index in [1.807, 2.05) is 36.4 Å². The second kappa shape index (κ2) is 9.43. The maximum absolute atomic E-state index is 13.3. The Morgan fingerprint density at radius 3 is 2.22 bits per heavy atom. The molecule has 0 radical (unpaired) electrons. The van der Waals surface area contributed by atoms with Crippen LogP contribution < -0.4 is 9.64 Å². The average molecular weight is 432 g/mol. The molecule has 1 heterocycles. The number of benzene rings is 3. The first-order valence-corrected chi connectivity index (χ1v) is 10.2. The molecule has 6 nitrogen and oxygen atoms in total. The lowest BCUT2D eigenvalue weighted by Gasteiger charge is -2.28. The third-order valence-corrected chi connectivity index (χ3v) is 5.21. The first-order chi connectivity index (χ1) is 15.5. The van der Waals surface area contributed by atoms with Crippen molar-refractivity contribution in [1.82, 2.24) is 4.90 Å². The molecular weight excluding hydrogens is 411 g/mol. The zero-order chi connectivity index (χ0) is 22.5. The molecule has 32 heavy (non-hydrogen) atoms. The Hall–Kier alpha value is -4.00. The van der Waals surface area contributed by atoms with Crippen LogP contribution in [0.15, 0.2) is 84.9 Å². The van der Waals surface area contributed by atoms with Crippen molar-refractivity contribution in [2.75, 3.05) is 11.5 Å². The van der Waals surface area contributed by atoms with Crippen molar-refractivity contribution in [3.63, 3.8) is 0 Å². The summed E-state index contributed by atoms with van der Waals surface area (Å²) in [6.45, 7) is -0.121. The highest BCUT2D eigenvalue weighted by atomic mass is 19.1. The molecule has 0 aromatic heterocycles. The van der Waals surface area contributed by atoms with E-state index in [2.05, 4.69) is 0 Å². The summed E-state index contributed by atoms with van der Waals surface area (Å²) in [4.78, 5) is 41.4. The topological polar surface area (TPSA) is 66.9 Å². The Kier molecular flexibility index (Phi) is 6.26. The largest absolute Gasteiger partial charge is 0.484 e. The molecule has 1 saturated heterocycles. The number of carbonyl (C=O) groups excluding carboxylic acids is 3. The molecule has 0 aliphatic carbocycles. The summed E-state index contributed by atoms with van der Waals surface area (Å²) in [5.41, 5.74) is 1.09. The maximum atomic E-state index is 13.3. The number of nitrogens with zero attached hydrogens (tertiary/aromatic N) is 2. The van der Waals surface area contributed by atoms with E-state index in [4.69, 9.17) is 4.74 Å². The van der Waals surface area contributed by atoms with Gasteiger partial charge in [-0.05, 0) is 42.0 Å². The molecule has 4 rings (SSSR count). The zero-order valence-corrected chi connectivity index (χ0v) is 17.2. The minimum absolute atomic E-state index is 0.152. The quantitative estimate of drug-likeness (QED) is 0.536. The van der Waals surface area contributed by atoms with Gasteiger partial charge in [0.2, 0.25) is 5.91 Å². The van der Waals surface area contributed by atoms with Crippen molar-refractivity contribution in [2.45, 2.75) is 19.0 Å². The molecule has 0 bridgehead atoms. The fourth-order valence-corrected chi connectivity index (χ4v) is 3.62. The molecule has 1 atom stereocenters. The summed E-state index contributed by atoms with van der Waals surface area (Å²) in [6.07, 6.45) is -0.153. The lowest BCUT2D eigenvalue weighted by Crippen LogP contribution is -2.46. The first kappa shape index (κ1) is 21.2. The Bertz CT molecular complexity index is 1100. The van der Waals surface area contributed by atoms with Gasteiger partial charge >= 0.3 is 0 Å². The SMILES string of the molecule is O=C1CC(N(Cc2ccccc2)C(=O)COc2ccccc2)C(=O)N1c1ccc(F)cc1. The maximum Gasteiger partial charge on any atom is 0.261 e. The minimum Gasteiger partial charge on any atom is -0.484 e. The van der Waals surface area contributed by atoms with Crippen LogP contribution in [0.3, 0.4) is 0 Å². The molecule has 3 amide bonds. The van der Waals surface area contributed by atoms with Gasteiger partial charge in [-0.25, -0.2) is 9.29 Å². The number of imide groups is 1. The summed E-state index contributed by atoms with van der Waals surface area (Å²) in [5.74, 6) is -1.32. The molecule has 1 aliphatic rings. The van der Waals surface area contributed by atoms with E-state index in [1.165, 1.54) is 29.2 Å².